The molecule has 0 bridgehead atoms. The summed E-state index contributed by atoms with van der Waals surface area (Å²) in [4.78, 5) is 21.7. The number of aryl methyl sites for hydroxylation is 1. The van der Waals surface area contributed by atoms with Gasteiger partial charge < -0.3 is 10.1 Å². The molecule has 2 fully saturated rings. The van der Waals surface area contributed by atoms with Crippen molar-refractivity contribution in [2.45, 2.75) is 13.5 Å². The maximum atomic E-state index is 12.4. The van der Waals surface area contributed by atoms with Gasteiger partial charge in [-0.15, -0.1) is 11.3 Å². The summed E-state index contributed by atoms with van der Waals surface area (Å²) < 4.78 is 5.77. The Morgan fingerprint density at radius 1 is 1.48 bits per heavy atom. The lowest BCUT2D eigenvalue weighted by Gasteiger charge is -2.27. The Balaban J connectivity index is 1.40. The molecule has 4 heterocycles. The summed E-state index contributed by atoms with van der Waals surface area (Å²) in [6.07, 6.45) is 3.28. The fraction of sp³-hybridized carbons (Fsp3) is 0.474. The number of hydrogen-bond donors (Lipinski definition) is 1. The number of hydrogen-bond acceptors (Lipinski definition) is 5. The molecule has 0 unspecified atom stereocenters. The Hall–Kier alpha value is -1.76. The molecule has 1 amide bonds. The summed E-state index contributed by atoms with van der Waals surface area (Å²) >= 11 is 1.87. The van der Waals surface area contributed by atoms with Gasteiger partial charge in [-0.25, -0.2) is 0 Å². The molecule has 2 aromatic rings. The first-order valence-electron chi connectivity index (χ1n) is 8.68. The molecule has 0 aliphatic carbocycles. The minimum atomic E-state index is -0.0551. The van der Waals surface area contributed by atoms with E-state index >= 15 is 0 Å². The van der Waals surface area contributed by atoms with Crippen LogP contribution in [0, 0.1) is 18.3 Å². The predicted octanol–water partition coefficient (Wildman–Crippen LogP) is 2.33. The van der Waals surface area contributed by atoms with Crippen LogP contribution < -0.4 is 5.32 Å². The molecular weight excluding hydrogens is 334 g/mol. The van der Waals surface area contributed by atoms with Gasteiger partial charge in [0.1, 0.15) is 0 Å². The van der Waals surface area contributed by atoms with Gasteiger partial charge in [0.15, 0.2) is 0 Å². The van der Waals surface area contributed by atoms with Crippen LogP contribution in [0.3, 0.4) is 0 Å². The Labute approximate surface area is 152 Å². The van der Waals surface area contributed by atoms with Crippen molar-refractivity contribution in [1.29, 1.82) is 0 Å². The van der Waals surface area contributed by atoms with Crippen LogP contribution >= 0.6 is 11.3 Å². The zero-order valence-corrected chi connectivity index (χ0v) is 15.2. The molecule has 2 saturated heterocycles. The number of nitrogens with one attached hydrogen (secondary N) is 1. The molecule has 2 aliphatic heterocycles. The van der Waals surface area contributed by atoms with E-state index in [0.717, 1.165) is 32.8 Å². The number of amides is 1. The summed E-state index contributed by atoms with van der Waals surface area (Å²) in [6, 6.07) is 7.99. The van der Waals surface area contributed by atoms with Crippen molar-refractivity contribution in [3.63, 3.8) is 0 Å². The molecule has 0 spiro atoms. The largest absolute Gasteiger partial charge is 0.380 e. The van der Waals surface area contributed by atoms with Gasteiger partial charge in [0.05, 0.1) is 18.8 Å². The molecule has 0 saturated carbocycles. The van der Waals surface area contributed by atoms with Crippen molar-refractivity contribution < 1.29 is 9.53 Å². The Morgan fingerprint density at radius 3 is 3.16 bits per heavy atom. The molecule has 6 heteroatoms. The molecule has 25 heavy (non-hydrogen) atoms. The molecule has 132 valence electrons. The van der Waals surface area contributed by atoms with E-state index in [-0.39, 0.29) is 11.3 Å². The number of rotatable bonds is 5. The maximum absolute atomic E-state index is 12.4. The quantitative estimate of drug-likeness (QED) is 0.892. The molecule has 2 aliphatic rings. The van der Waals surface area contributed by atoms with Crippen molar-refractivity contribution in [3.8, 4) is 0 Å². The number of ether oxygens (including phenoxy) is 1. The van der Waals surface area contributed by atoms with E-state index < -0.39 is 0 Å². The fourth-order valence-electron chi connectivity index (χ4n) is 3.96. The second kappa shape index (κ2) is 6.86. The van der Waals surface area contributed by atoms with E-state index in [1.807, 2.05) is 11.3 Å². The lowest BCUT2D eigenvalue weighted by Crippen LogP contribution is -2.43. The van der Waals surface area contributed by atoms with Crippen LogP contribution in [0.2, 0.25) is 0 Å². The van der Waals surface area contributed by atoms with E-state index in [9.17, 15) is 4.79 Å². The summed E-state index contributed by atoms with van der Waals surface area (Å²) in [7, 11) is 0. The van der Waals surface area contributed by atoms with Crippen molar-refractivity contribution in [2.24, 2.45) is 11.3 Å². The standard InChI is InChI=1S/C19H23N3O2S/c1-14-4-5-17(25-14)9-22-8-16-10-24-13-19(16,12-22)11-21-18(23)15-3-2-6-20-7-15/h2-7,16H,8-13H2,1H3,(H,21,23)/t16-,19+/m1/s1. The molecule has 2 atom stereocenters. The van der Waals surface area contributed by atoms with E-state index in [4.69, 9.17) is 4.74 Å². The summed E-state index contributed by atoms with van der Waals surface area (Å²) in [5.74, 6) is 0.434. The number of carbonyl (C=O) groups excluding carboxylic acids is 1. The lowest BCUT2D eigenvalue weighted by molar-refractivity contribution is 0.0904. The van der Waals surface area contributed by atoms with Crippen LogP contribution in [0.5, 0.6) is 0 Å². The minimum absolute atomic E-state index is 0.0319. The first-order chi connectivity index (χ1) is 12.1. The fourth-order valence-corrected chi connectivity index (χ4v) is 4.89. The molecule has 0 aromatic carbocycles. The second-order valence-corrected chi connectivity index (χ2v) is 8.55. The van der Waals surface area contributed by atoms with Gasteiger partial charge >= 0.3 is 0 Å². The molecule has 0 radical (unpaired) electrons. The third kappa shape index (κ3) is 3.47. The number of likely N-dealkylation sites (tertiary alicyclic amines) is 1. The normalized spacial score (nSPS) is 25.9. The van der Waals surface area contributed by atoms with Crippen LogP contribution in [0.1, 0.15) is 20.1 Å². The molecule has 4 rings (SSSR count). The lowest BCUT2D eigenvalue weighted by atomic mass is 9.81. The van der Waals surface area contributed by atoms with Crippen molar-refractivity contribution >= 4 is 17.2 Å². The molecular formula is C19H23N3O2S. The highest BCUT2D eigenvalue weighted by molar-refractivity contribution is 7.11. The summed E-state index contributed by atoms with van der Waals surface area (Å²) in [5, 5.41) is 3.11. The van der Waals surface area contributed by atoms with Crippen molar-refractivity contribution in [1.82, 2.24) is 15.2 Å². The summed E-state index contributed by atoms with van der Waals surface area (Å²) in [6.45, 7) is 7.34. The minimum Gasteiger partial charge on any atom is -0.380 e. The first-order valence-corrected chi connectivity index (χ1v) is 9.50. The molecule has 2 aromatic heterocycles. The van der Waals surface area contributed by atoms with E-state index in [2.05, 4.69) is 34.3 Å². The zero-order chi connectivity index (χ0) is 17.3. The Kier molecular flexibility index (Phi) is 4.58. The number of aromatic nitrogens is 1. The highest BCUT2D eigenvalue weighted by Gasteiger charge is 2.50. The zero-order valence-electron chi connectivity index (χ0n) is 14.4. The summed E-state index contributed by atoms with van der Waals surface area (Å²) in [5.41, 5.74) is 0.641. The highest BCUT2D eigenvalue weighted by atomic mass is 32.1. The number of carbonyl (C=O) groups is 1. The van der Waals surface area contributed by atoms with Gasteiger partial charge in [-0.3, -0.25) is 14.7 Å². The molecule has 1 N–H and O–H groups in total. The van der Waals surface area contributed by atoms with Gasteiger partial charge in [-0.05, 0) is 31.2 Å². The average molecular weight is 357 g/mol. The highest BCUT2D eigenvalue weighted by Crippen LogP contribution is 2.41. The first kappa shape index (κ1) is 16.7. The molecule has 5 nitrogen and oxygen atoms in total. The van der Waals surface area contributed by atoms with Crippen molar-refractivity contribution in [2.75, 3.05) is 32.8 Å². The Morgan fingerprint density at radius 2 is 2.40 bits per heavy atom. The van der Waals surface area contributed by atoms with Crippen molar-refractivity contribution in [3.05, 3.63) is 52.0 Å². The predicted molar refractivity (Wildman–Crippen MR) is 97.6 cm³/mol. The van der Waals surface area contributed by atoms with Crippen LogP contribution in [0.25, 0.3) is 0 Å². The van der Waals surface area contributed by atoms with Gasteiger partial charge in [0, 0.05) is 59.7 Å². The smallest absolute Gasteiger partial charge is 0.252 e. The third-order valence-electron chi connectivity index (χ3n) is 5.29. The van der Waals surface area contributed by atoms with Crippen LogP contribution in [0.15, 0.2) is 36.7 Å². The monoisotopic (exact) mass is 357 g/mol. The van der Waals surface area contributed by atoms with Gasteiger partial charge in [0.2, 0.25) is 0 Å². The van der Waals surface area contributed by atoms with Gasteiger partial charge in [0.25, 0.3) is 5.91 Å². The topological polar surface area (TPSA) is 54.5 Å². The second-order valence-electron chi connectivity index (χ2n) is 7.18. The number of fused-ring (bicyclic) bond motifs is 1. The van der Waals surface area contributed by atoms with Gasteiger partial charge in [-0.1, -0.05) is 0 Å². The Bertz CT molecular complexity index is 748. The van der Waals surface area contributed by atoms with E-state index in [1.54, 1.807) is 24.5 Å². The number of nitrogens with zero attached hydrogens (tertiary/aromatic N) is 2. The van der Waals surface area contributed by atoms with Crippen LogP contribution in [-0.2, 0) is 11.3 Å². The van der Waals surface area contributed by atoms with Crippen LogP contribution in [0.4, 0.5) is 0 Å². The number of thiophene rings is 1. The van der Waals surface area contributed by atoms with Gasteiger partial charge in [-0.2, -0.15) is 0 Å². The van der Waals surface area contributed by atoms with E-state index in [1.165, 1.54) is 9.75 Å². The maximum Gasteiger partial charge on any atom is 0.252 e. The SMILES string of the molecule is Cc1ccc(CN2C[C@@H]3COC[C@]3(CNC(=O)c3cccnc3)C2)s1. The van der Waals surface area contributed by atoms with E-state index in [0.29, 0.717) is 18.0 Å². The number of pyridine rings is 1. The van der Waals surface area contributed by atoms with Crippen LogP contribution in [-0.4, -0.2) is 48.6 Å². The third-order valence-corrected chi connectivity index (χ3v) is 6.28. The average Bonchev–Trinajstić information content (AvgIpc) is 3.28.